The Bertz CT molecular complexity index is 973. The summed E-state index contributed by atoms with van der Waals surface area (Å²) < 4.78 is 32.5. The Labute approximate surface area is 155 Å². The molecule has 0 aliphatic heterocycles. The molecular weight excluding hydrogens is 380 g/mol. The van der Waals surface area contributed by atoms with Crippen LogP contribution in [0.4, 0.5) is 0 Å². The van der Waals surface area contributed by atoms with E-state index in [4.69, 9.17) is 16.3 Å². The standard InChI is InChI=1S/C17H15ClN2O3S2/c1-23-17-3-2-14(9-15(17)18)25(21,22)20-10-12-4-6-19-16(8-12)13-5-7-24-11-13/h2-9,11,20H,10H2,1H3. The molecule has 5 nitrogen and oxygen atoms in total. The number of halogens is 1. The third kappa shape index (κ3) is 4.19. The number of benzene rings is 1. The van der Waals surface area contributed by atoms with Crippen molar-refractivity contribution in [1.82, 2.24) is 9.71 Å². The highest BCUT2D eigenvalue weighted by atomic mass is 35.5. The molecule has 3 aromatic rings. The van der Waals surface area contributed by atoms with E-state index in [1.165, 1.54) is 25.3 Å². The van der Waals surface area contributed by atoms with Gasteiger partial charge in [0.2, 0.25) is 10.0 Å². The van der Waals surface area contributed by atoms with Crippen molar-refractivity contribution in [1.29, 1.82) is 0 Å². The third-order valence-electron chi connectivity index (χ3n) is 3.54. The first-order valence-corrected chi connectivity index (χ1v) is 10.1. The van der Waals surface area contributed by atoms with Gasteiger partial charge in [-0.05, 0) is 47.3 Å². The highest BCUT2D eigenvalue weighted by Gasteiger charge is 2.16. The average Bonchev–Trinajstić information content (AvgIpc) is 3.15. The molecule has 0 saturated carbocycles. The first-order valence-electron chi connectivity index (χ1n) is 7.30. The van der Waals surface area contributed by atoms with Gasteiger partial charge in [0.05, 0.1) is 22.7 Å². The summed E-state index contributed by atoms with van der Waals surface area (Å²) in [5.41, 5.74) is 2.64. The molecule has 1 aromatic carbocycles. The van der Waals surface area contributed by atoms with Crippen molar-refractivity contribution in [2.75, 3.05) is 7.11 Å². The lowest BCUT2D eigenvalue weighted by molar-refractivity contribution is 0.414. The molecule has 1 N–H and O–H groups in total. The highest BCUT2D eigenvalue weighted by molar-refractivity contribution is 7.89. The third-order valence-corrected chi connectivity index (χ3v) is 5.92. The second-order valence-electron chi connectivity index (χ2n) is 5.18. The fourth-order valence-corrected chi connectivity index (χ4v) is 4.24. The van der Waals surface area contributed by atoms with Crippen LogP contribution in [0.3, 0.4) is 0 Å². The van der Waals surface area contributed by atoms with Gasteiger partial charge in [-0.2, -0.15) is 11.3 Å². The summed E-state index contributed by atoms with van der Waals surface area (Å²) in [7, 11) is -2.21. The van der Waals surface area contributed by atoms with Crippen LogP contribution in [0.2, 0.25) is 5.02 Å². The summed E-state index contributed by atoms with van der Waals surface area (Å²) in [5, 5.41) is 4.21. The van der Waals surface area contributed by atoms with Gasteiger partial charge < -0.3 is 4.74 Å². The Balaban J connectivity index is 1.76. The first kappa shape index (κ1) is 17.9. The van der Waals surface area contributed by atoms with Gasteiger partial charge in [-0.25, -0.2) is 13.1 Å². The van der Waals surface area contributed by atoms with Gasteiger partial charge in [0.25, 0.3) is 0 Å². The van der Waals surface area contributed by atoms with Crippen molar-refractivity contribution < 1.29 is 13.2 Å². The number of sulfonamides is 1. The summed E-state index contributed by atoms with van der Waals surface area (Å²) >= 11 is 7.59. The summed E-state index contributed by atoms with van der Waals surface area (Å²) in [6, 6.07) is 9.96. The predicted molar refractivity (Wildman–Crippen MR) is 99.6 cm³/mol. The number of aromatic nitrogens is 1. The zero-order valence-electron chi connectivity index (χ0n) is 13.3. The molecule has 0 aliphatic carbocycles. The summed E-state index contributed by atoms with van der Waals surface area (Å²) in [6.45, 7) is 0.158. The number of thiophene rings is 1. The maximum absolute atomic E-state index is 12.4. The topological polar surface area (TPSA) is 68.3 Å². The molecule has 0 fully saturated rings. The van der Waals surface area contributed by atoms with E-state index in [2.05, 4.69) is 9.71 Å². The van der Waals surface area contributed by atoms with E-state index in [9.17, 15) is 8.42 Å². The average molecular weight is 395 g/mol. The quantitative estimate of drug-likeness (QED) is 0.687. The van der Waals surface area contributed by atoms with Crippen LogP contribution >= 0.6 is 22.9 Å². The minimum absolute atomic E-state index is 0.0883. The normalized spacial score (nSPS) is 11.4. The predicted octanol–water partition coefficient (Wildman–Crippen LogP) is 3.95. The van der Waals surface area contributed by atoms with Gasteiger partial charge in [-0.3, -0.25) is 4.98 Å². The van der Waals surface area contributed by atoms with E-state index in [1.54, 1.807) is 23.6 Å². The number of nitrogens with zero attached hydrogens (tertiary/aromatic N) is 1. The van der Waals surface area contributed by atoms with Gasteiger partial charge in [0.1, 0.15) is 5.75 Å². The van der Waals surface area contributed by atoms with Crippen LogP contribution in [-0.2, 0) is 16.6 Å². The molecule has 0 unspecified atom stereocenters. The van der Waals surface area contributed by atoms with Crippen LogP contribution in [0, 0.1) is 0 Å². The number of hydrogen-bond acceptors (Lipinski definition) is 5. The fraction of sp³-hybridized carbons (Fsp3) is 0.118. The maximum atomic E-state index is 12.4. The van der Waals surface area contributed by atoms with E-state index >= 15 is 0 Å². The molecule has 3 rings (SSSR count). The number of nitrogens with one attached hydrogen (secondary N) is 1. The monoisotopic (exact) mass is 394 g/mol. The summed E-state index contributed by atoms with van der Waals surface area (Å²) in [4.78, 5) is 4.40. The second kappa shape index (κ2) is 7.53. The number of ether oxygens (including phenoxy) is 1. The molecule has 0 spiro atoms. The van der Waals surface area contributed by atoms with Crippen molar-refractivity contribution >= 4 is 33.0 Å². The molecule has 2 heterocycles. The maximum Gasteiger partial charge on any atom is 0.240 e. The highest BCUT2D eigenvalue weighted by Crippen LogP contribution is 2.27. The van der Waals surface area contributed by atoms with Gasteiger partial charge in [0.15, 0.2) is 0 Å². The number of methoxy groups -OCH3 is 1. The van der Waals surface area contributed by atoms with Crippen LogP contribution in [0.15, 0.2) is 58.3 Å². The molecular formula is C17H15ClN2O3S2. The zero-order chi connectivity index (χ0) is 17.9. The molecule has 0 bridgehead atoms. The molecule has 130 valence electrons. The lowest BCUT2D eigenvalue weighted by Crippen LogP contribution is -2.23. The molecule has 2 aromatic heterocycles. The van der Waals surface area contributed by atoms with E-state index in [0.29, 0.717) is 5.75 Å². The van der Waals surface area contributed by atoms with Gasteiger partial charge in [0, 0.05) is 23.7 Å². The molecule has 8 heteroatoms. The zero-order valence-corrected chi connectivity index (χ0v) is 15.7. The lowest BCUT2D eigenvalue weighted by atomic mass is 10.1. The molecule has 0 aliphatic rings. The molecule has 0 atom stereocenters. The van der Waals surface area contributed by atoms with Crippen LogP contribution < -0.4 is 9.46 Å². The van der Waals surface area contributed by atoms with E-state index in [1.807, 2.05) is 22.9 Å². The second-order valence-corrected chi connectivity index (χ2v) is 8.14. The van der Waals surface area contributed by atoms with Crippen molar-refractivity contribution in [2.24, 2.45) is 0 Å². The van der Waals surface area contributed by atoms with Crippen molar-refractivity contribution in [3.63, 3.8) is 0 Å². The van der Waals surface area contributed by atoms with Gasteiger partial charge >= 0.3 is 0 Å². The Morgan fingerprint density at radius 2 is 2.08 bits per heavy atom. The van der Waals surface area contributed by atoms with Crippen LogP contribution in [-0.4, -0.2) is 20.5 Å². The van der Waals surface area contributed by atoms with Crippen LogP contribution in [0.5, 0.6) is 5.75 Å². The molecule has 0 radical (unpaired) electrons. The summed E-state index contributed by atoms with van der Waals surface area (Å²) in [5.74, 6) is 0.426. The SMILES string of the molecule is COc1ccc(S(=O)(=O)NCc2ccnc(-c3ccsc3)c2)cc1Cl. The molecule has 0 amide bonds. The van der Waals surface area contributed by atoms with E-state index < -0.39 is 10.0 Å². The van der Waals surface area contributed by atoms with Crippen LogP contribution in [0.25, 0.3) is 11.3 Å². The van der Waals surface area contributed by atoms with Crippen molar-refractivity contribution in [3.05, 3.63) is 63.9 Å². The van der Waals surface area contributed by atoms with Gasteiger partial charge in [-0.1, -0.05) is 11.6 Å². The van der Waals surface area contributed by atoms with E-state index in [-0.39, 0.29) is 16.5 Å². The van der Waals surface area contributed by atoms with Crippen molar-refractivity contribution in [2.45, 2.75) is 11.4 Å². The Kier molecular flexibility index (Phi) is 5.39. The molecule has 0 saturated heterocycles. The Morgan fingerprint density at radius 1 is 1.24 bits per heavy atom. The van der Waals surface area contributed by atoms with E-state index in [0.717, 1.165) is 16.8 Å². The first-order chi connectivity index (χ1) is 12.0. The number of hydrogen-bond donors (Lipinski definition) is 1. The molecule has 25 heavy (non-hydrogen) atoms. The number of pyridine rings is 1. The minimum Gasteiger partial charge on any atom is -0.495 e. The van der Waals surface area contributed by atoms with Gasteiger partial charge in [-0.15, -0.1) is 0 Å². The Hall–Kier alpha value is -1.93. The van der Waals surface area contributed by atoms with Crippen LogP contribution in [0.1, 0.15) is 5.56 Å². The van der Waals surface area contributed by atoms with Crippen molar-refractivity contribution in [3.8, 4) is 17.0 Å². The minimum atomic E-state index is -3.68. The lowest BCUT2D eigenvalue weighted by Gasteiger charge is -2.09. The fourth-order valence-electron chi connectivity index (χ4n) is 2.23. The Morgan fingerprint density at radius 3 is 2.76 bits per heavy atom. The largest absolute Gasteiger partial charge is 0.495 e. The summed E-state index contributed by atoms with van der Waals surface area (Å²) in [6.07, 6.45) is 1.67. The smallest absolute Gasteiger partial charge is 0.240 e. The number of rotatable bonds is 6.